The highest BCUT2D eigenvalue weighted by Gasteiger charge is 2.36. The van der Waals surface area contributed by atoms with Gasteiger partial charge in [0.25, 0.3) is 0 Å². The van der Waals surface area contributed by atoms with Crippen molar-refractivity contribution in [1.82, 2.24) is 0 Å². The van der Waals surface area contributed by atoms with Gasteiger partial charge in [0.05, 0.1) is 11.4 Å². The highest BCUT2D eigenvalue weighted by atomic mass is 32.1. The first kappa shape index (κ1) is 30.4. The van der Waals surface area contributed by atoms with Crippen molar-refractivity contribution in [2.45, 2.75) is 19.3 Å². The standard InChI is InChI=1S/C51H35NS/c1-51(2)43-26-25-38(31-42(43)41-29-35-15-5-6-16-36(35)30-44(41)51)52(45-19-11-21-48-50(45)40-18-9-10-20-47(40)53-48)46-27-24-33-13-7-8-17-39(33)49(46)37-23-22-32-12-3-4-14-34(32)28-37/h3-31H,1-2H3. The topological polar surface area (TPSA) is 3.24 Å². The predicted octanol–water partition coefficient (Wildman–Crippen LogP) is 15.0. The van der Waals surface area contributed by atoms with Crippen molar-refractivity contribution in [2.75, 3.05) is 4.90 Å². The summed E-state index contributed by atoms with van der Waals surface area (Å²) in [5.41, 5.74) is 11.3. The molecule has 0 bridgehead atoms. The second-order valence-corrected chi connectivity index (χ2v) is 16.0. The van der Waals surface area contributed by atoms with Crippen molar-refractivity contribution in [2.24, 2.45) is 0 Å². The lowest BCUT2D eigenvalue weighted by Gasteiger charge is -2.30. The molecule has 53 heavy (non-hydrogen) atoms. The molecule has 2 heteroatoms. The number of thiophene rings is 1. The zero-order valence-electron chi connectivity index (χ0n) is 29.6. The van der Waals surface area contributed by atoms with Gasteiger partial charge in [-0.25, -0.2) is 0 Å². The number of hydrogen-bond acceptors (Lipinski definition) is 2. The molecule has 0 atom stereocenters. The first-order chi connectivity index (χ1) is 26.0. The van der Waals surface area contributed by atoms with Crippen LogP contribution in [0.15, 0.2) is 176 Å². The van der Waals surface area contributed by atoms with E-state index in [0.29, 0.717) is 0 Å². The van der Waals surface area contributed by atoms with Crippen LogP contribution in [0.25, 0.3) is 74.7 Å². The molecular weight excluding hydrogens is 659 g/mol. The van der Waals surface area contributed by atoms with Crippen LogP contribution in [-0.2, 0) is 5.41 Å². The molecule has 1 aromatic heterocycles. The lowest BCUT2D eigenvalue weighted by Crippen LogP contribution is -2.16. The summed E-state index contributed by atoms with van der Waals surface area (Å²) in [6, 6.07) is 65.6. The Labute approximate surface area is 313 Å². The van der Waals surface area contributed by atoms with Gasteiger partial charge in [-0.15, -0.1) is 11.3 Å². The van der Waals surface area contributed by atoms with E-state index < -0.39 is 0 Å². The van der Waals surface area contributed by atoms with Crippen molar-refractivity contribution in [3.8, 4) is 22.3 Å². The van der Waals surface area contributed by atoms with Gasteiger partial charge in [-0.1, -0.05) is 135 Å². The van der Waals surface area contributed by atoms with E-state index in [-0.39, 0.29) is 5.41 Å². The minimum absolute atomic E-state index is 0.110. The SMILES string of the molecule is CC1(C)c2ccc(N(c3ccc4ccccc4c3-c3ccc4ccccc4c3)c3cccc4sc5ccccc5c34)cc2-c2cc3ccccc3cc21. The summed E-state index contributed by atoms with van der Waals surface area (Å²) in [7, 11) is 0. The molecule has 10 aromatic rings. The van der Waals surface area contributed by atoms with E-state index in [9.17, 15) is 0 Å². The van der Waals surface area contributed by atoms with E-state index in [1.807, 2.05) is 11.3 Å². The van der Waals surface area contributed by atoms with Crippen LogP contribution in [0.5, 0.6) is 0 Å². The molecule has 0 aliphatic heterocycles. The largest absolute Gasteiger partial charge is 0.309 e. The third-order valence-electron chi connectivity index (χ3n) is 11.6. The van der Waals surface area contributed by atoms with Crippen LogP contribution in [0.3, 0.4) is 0 Å². The zero-order chi connectivity index (χ0) is 35.3. The fraction of sp³-hybridized carbons (Fsp3) is 0.0588. The summed E-state index contributed by atoms with van der Waals surface area (Å²) < 4.78 is 2.60. The first-order valence-corrected chi connectivity index (χ1v) is 19.2. The minimum atomic E-state index is -0.110. The van der Waals surface area contributed by atoms with Gasteiger partial charge in [0.2, 0.25) is 0 Å². The van der Waals surface area contributed by atoms with Crippen LogP contribution >= 0.6 is 11.3 Å². The Kier molecular flexibility index (Phi) is 6.53. The molecule has 0 saturated carbocycles. The summed E-state index contributed by atoms with van der Waals surface area (Å²) in [6.45, 7) is 4.76. The summed E-state index contributed by atoms with van der Waals surface area (Å²) in [4.78, 5) is 2.55. The van der Waals surface area contributed by atoms with E-state index in [2.05, 4.69) is 195 Å². The van der Waals surface area contributed by atoms with Crippen LogP contribution in [0.4, 0.5) is 17.1 Å². The van der Waals surface area contributed by atoms with Gasteiger partial charge >= 0.3 is 0 Å². The number of nitrogens with zero attached hydrogens (tertiary/aromatic N) is 1. The van der Waals surface area contributed by atoms with E-state index in [4.69, 9.17) is 0 Å². The second-order valence-electron chi connectivity index (χ2n) is 14.9. The molecule has 0 amide bonds. The van der Waals surface area contributed by atoms with E-state index in [1.165, 1.54) is 91.6 Å². The quantitative estimate of drug-likeness (QED) is 0.177. The Bertz CT molecular complexity index is 3110. The van der Waals surface area contributed by atoms with Gasteiger partial charge < -0.3 is 4.90 Å². The Morgan fingerprint density at radius 2 is 1.08 bits per heavy atom. The van der Waals surface area contributed by atoms with E-state index in [1.54, 1.807) is 0 Å². The van der Waals surface area contributed by atoms with Gasteiger partial charge in [-0.05, 0) is 115 Å². The highest BCUT2D eigenvalue weighted by molar-refractivity contribution is 7.26. The Balaban J connectivity index is 1.24. The molecule has 1 heterocycles. The van der Waals surface area contributed by atoms with Gasteiger partial charge in [0.1, 0.15) is 0 Å². The van der Waals surface area contributed by atoms with Crippen molar-refractivity contribution >= 4 is 80.9 Å². The number of benzene rings is 9. The maximum Gasteiger partial charge on any atom is 0.0555 e. The Morgan fingerprint density at radius 1 is 0.434 bits per heavy atom. The minimum Gasteiger partial charge on any atom is -0.309 e. The van der Waals surface area contributed by atoms with E-state index >= 15 is 0 Å². The average molecular weight is 694 g/mol. The van der Waals surface area contributed by atoms with Gasteiger partial charge in [0.15, 0.2) is 0 Å². The maximum absolute atomic E-state index is 2.55. The molecular formula is C51H35NS. The summed E-state index contributed by atoms with van der Waals surface area (Å²) in [5.74, 6) is 0. The summed E-state index contributed by atoms with van der Waals surface area (Å²) >= 11 is 1.87. The van der Waals surface area contributed by atoms with Crippen LogP contribution in [0.2, 0.25) is 0 Å². The van der Waals surface area contributed by atoms with Crippen LogP contribution in [-0.4, -0.2) is 0 Å². The fourth-order valence-electron chi connectivity index (χ4n) is 9.01. The average Bonchev–Trinajstić information content (AvgIpc) is 3.69. The van der Waals surface area contributed by atoms with Gasteiger partial charge in [-0.3, -0.25) is 0 Å². The number of hydrogen-bond donors (Lipinski definition) is 0. The molecule has 0 radical (unpaired) electrons. The van der Waals surface area contributed by atoms with Crippen molar-refractivity contribution in [1.29, 1.82) is 0 Å². The van der Waals surface area contributed by atoms with Gasteiger partial charge in [-0.2, -0.15) is 0 Å². The van der Waals surface area contributed by atoms with Crippen LogP contribution in [0, 0.1) is 0 Å². The second kappa shape index (κ2) is 11.4. The monoisotopic (exact) mass is 693 g/mol. The predicted molar refractivity (Wildman–Crippen MR) is 230 cm³/mol. The molecule has 11 rings (SSSR count). The normalized spacial score (nSPS) is 13.2. The molecule has 250 valence electrons. The maximum atomic E-state index is 2.55. The highest BCUT2D eigenvalue weighted by Crippen LogP contribution is 2.54. The molecule has 1 nitrogen and oxygen atoms in total. The molecule has 0 saturated heterocycles. The Hall–Kier alpha value is -6.22. The lowest BCUT2D eigenvalue weighted by molar-refractivity contribution is 0.661. The van der Waals surface area contributed by atoms with Crippen LogP contribution in [0.1, 0.15) is 25.0 Å². The summed E-state index contributed by atoms with van der Waals surface area (Å²) in [5, 5.41) is 10.1. The molecule has 1 aliphatic carbocycles. The van der Waals surface area contributed by atoms with Crippen molar-refractivity contribution in [3.05, 3.63) is 187 Å². The van der Waals surface area contributed by atoms with Crippen molar-refractivity contribution in [3.63, 3.8) is 0 Å². The molecule has 0 unspecified atom stereocenters. The fourth-order valence-corrected chi connectivity index (χ4v) is 10.1. The zero-order valence-corrected chi connectivity index (χ0v) is 30.4. The third kappa shape index (κ3) is 4.56. The van der Waals surface area contributed by atoms with E-state index in [0.717, 1.165) is 11.4 Å². The summed E-state index contributed by atoms with van der Waals surface area (Å²) in [6.07, 6.45) is 0. The van der Waals surface area contributed by atoms with Crippen LogP contribution < -0.4 is 4.90 Å². The lowest BCUT2D eigenvalue weighted by atomic mass is 9.82. The van der Waals surface area contributed by atoms with Crippen molar-refractivity contribution < 1.29 is 0 Å². The number of fused-ring (bicyclic) bond motifs is 9. The molecule has 0 spiro atoms. The smallest absolute Gasteiger partial charge is 0.0555 e. The number of rotatable bonds is 4. The molecule has 0 fully saturated rings. The van der Waals surface area contributed by atoms with Gasteiger partial charge in [0, 0.05) is 36.8 Å². The first-order valence-electron chi connectivity index (χ1n) is 18.4. The molecule has 9 aromatic carbocycles. The molecule has 1 aliphatic rings. The number of anilines is 3. The Morgan fingerprint density at radius 3 is 1.91 bits per heavy atom. The third-order valence-corrected chi connectivity index (χ3v) is 12.7. The molecule has 0 N–H and O–H groups in total.